The summed E-state index contributed by atoms with van der Waals surface area (Å²) in [6.07, 6.45) is 0. The minimum atomic E-state index is 0.574. The predicted octanol–water partition coefficient (Wildman–Crippen LogP) is 30.0. The van der Waals surface area contributed by atoms with Crippen LogP contribution in [0.1, 0.15) is 0 Å². The lowest BCUT2D eigenvalue weighted by atomic mass is 9.99. The second-order valence-corrected chi connectivity index (χ2v) is 32.1. The highest BCUT2D eigenvalue weighted by molar-refractivity contribution is 6.20. The van der Waals surface area contributed by atoms with Crippen LogP contribution in [0.15, 0.2) is 421 Å². The highest BCUT2D eigenvalue weighted by atomic mass is 16.3. The molecular formula is C114H68N8O2. The van der Waals surface area contributed by atoms with Gasteiger partial charge < -0.3 is 18.0 Å². The number of furan rings is 2. The summed E-state index contributed by atoms with van der Waals surface area (Å²) >= 11 is 0. The first-order valence-corrected chi connectivity index (χ1v) is 41.8. The summed E-state index contributed by atoms with van der Waals surface area (Å²) < 4.78 is 18.3. The molecule has 0 aliphatic carbocycles. The van der Waals surface area contributed by atoms with E-state index in [0.29, 0.717) is 34.9 Å². The first-order chi connectivity index (χ1) is 61.4. The van der Waals surface area contributed by atoms with E-state index in [4.69, 9.17) is 38.7 Å². The number of fused-ring (bicyclic) bond motifs is 18. The zero-order chi connectivity index (χ0) is 81.5. The fourth-order valence-corrected chi connectivity index (χ4v) is 18.8. The first-order valence-electron chi connectivity index (χ1n) is 41.8. The van der Waals surface area contributed by atoms with Gasteiger partial charge in [0.15, 0.2) is 34.9 Å². The van der Waals surface area contributed by atoms with Crippen LogP contribution in [0.5, 0.6) is 0 Å². The van der Waals surface area contributed by atoms with Crippen molar-refractivity contribution in [3.05, 3.63) is 413 Å². The zero-order valence-electron chi connectivity index (χ0n) is 66.7. The summed E-state index contributed by atoms with van der Waals surface area (Å²) in [5, 5.41) is 22.7. The maximum atomic E-state index is 6.78. The van der Waals surface area contributed by atoms with Gasteiger partial charge in [-0.3, -0.25) is 0 Å². The molecule has 0 bridgehead atoms. The average molecular weight is 1580 g/mol. The fraction of sp³-hybridized carbons (Fsp3) is 0. The molecule has 6 heterocycles. The van der Waals surface area contributed by atoms with E-state index in [-0.39, 0.29) is 0 Å². The molecule has 20 aromatic carbocycles. The van der Waals surface area contributed by atoms with Crippen molar-refractivity contribution in [1.82, 2.24) is 39.0 Å². The molecule has 0 aliphatic heterocycles. The van der Waals surface area contributed by atoms with E-state index in [9.17, 15) is 0 Å². The molecule has 0 N–H and O–H groups in total. The normalized spacial score (nSPS) is 11.9. The molecule has 0 radical (unpaired) electrons. The minimum Gasteiger partial charge on any atom is -0.456 e. The van der Waals surface area contributed by atoms with E-state index in [2.05, 4.69) is 361 Å². The average Bonchev–Trinajstić information content (AvgIpc) is 1.56. The summed E-state index contributed by atoms with van der Waals surface area (Å²) in [5.74, 6) is 3.58. The van der Waals surface area contributed by atoms with Gasteiger partial charge in [-0.15, -0.1) is 0 Å². The van der Waals surface area contributed by atoms with Crippen LogP contribution in [-0.4, -0.2) is 39.0 Å². The fourth-order valence-electron chi connectivity index (χ4n) is 18.8. The number of benzene rings is 20. The van der Waals surface area contributed by atoms with Crippen molar-refractivity contribution in [1.29, 1.82) is 0 Å². The van der Waals surface area contributed by atoms with Crippen LogP contribution in [-0.2, 0) is 0 Å². The standard InChI is InChI=1S/2C57H34N4O/c1-3-14-35(15-4-1)40-26-27-41-32-51-48(30-42(41)28-40)47-29-38-19-7-8-20-39(38)31-50(47)61(51)43-33-49(54-46-23-11-12-25-52(46)62-53(54)34-43)57-59-55(37-17-5-2-6-18-37)58-56(60-57)45-24-13-21-36-16-9-10-22-44(36)45;1-2-14-37(15-3-1)55-58-56(44-25-23-36-13-5-7-17-39(36)29-44)60-57(59-55)49-33-45(34-53-54(49)46-20-10-11-21-52(46)62-53)61-50-27-26-43(42-24-22-35-12-4-6-16-38(35)28-42)31-47(50)48-30-40-18-8-9-19-41(40)32-51(48)61/h2*1-34H. The van der Waals surface area contributed by atoms with Gasteiger partial charge in [0.2, 0.25) is 0 Å². The number of hydrogen-bond donors (Lipinski definition) is 0. The Kier molecular flexibility index (Phi) is 16.1. The molecule has 576 valence electrons. The van der Waals surface area contributed by atoms with E-state index in [0.717, 1.165) is 132 Å². The Morgan fingerprint density at radius 1 is 0.161 bits per heavy atom. The summed E-state index contributed by atoms with van der Waals surface area (Å²) in [7, 11) is 0. The molecule has 0 aliphatic rings. The molecule has 10 heteroatoms. The largest absolute Gasteiger partial charge is 0.456 e. The lowest BCUT2D eigenvalue weighted by Gasteiger charge is -2.14. The lowest BCUT2D eigenvalue weighted by Crippen LogP contribution is -2.02. The third-order valence-corrected chi connectivity index (χ3v) is 24.7. The number of para-hydroxylation sites is 2. The second kappa shape index (κ2) is 28.5. The topological polar surface area (TPSA) is 113 Å². The van der Waals surface area contributed by atoms with Gasteiger partial charge in [0.25, 0.3) is 0 Å². The van der Waals surface area contributed by atoms with Gasteiger partial charge in [0.1, 0.15) is 22.3 Å². The Balaban J connectivity index is 0.000000136. The van der Waals surface area contributed by atoms with Crippen LogP contribution < -0.4 is 0 Å². The van der Waals surface area contributed by atoms with E-state index < -0.39 is 0 Å². The van der Waals surface area contributed by atoms with Crippen molar-refractivity contribution < 1.29 is 8.83 Å². The predicted molar refractivity (Wildman–Crippen MR) is 511 cm³/mol. The molecule has 0 fully saturated rings. The van der Waals surface area contributed by atoms with Crippen molar-refractivity contribution in [3.63, 3.8) is 0 Å². The van der Waals surface area contributed by atoms with E-state index in [1.165, 1.54) is 86.9 Å². The molecule has 124 heavy (non-hydrogen) atoms. The van der Waals surface area contributed by atoms with Gasteiger partial charge in [0.05, 0.1) is 33.4 Å². The van der Waals surface area contributed by atoms with Crippen molar-refractivity contribution in [2.24, 2.45) is 0 Å². The van der Waals surface area contributed by atoms with Gasteiger partial charge in [0, 0.05) is 88.6 Å². The summed E-state index contributed by atoms with van der Waals surface area (Å²) in [6.45, 7) is 0. The van der Waals surface area contributed by atoms with Crippen LogP contribution >= 0.6 is 0 Å². The third-order valence-electron chi connectivity index (χ3n) is 24.7. The number of rotatable bonds is 10. The molecular weight excluding hydrogens is 1510 g/mol. The maximum absolute atomic E-state index is 6.78. The Bertz CT molecular complexity index is 8890. The van der Waals surface area contributed by atoms with E-state index >= 15 is 0 Å². The lowest BCUT2D eigenvalue weighted by molar-refractivity contribution is 0.668. The molecule has 10 nitrogen and oxygen atoms in total. The Morgan fingerprint density at radius 2 is 0.492 bits per heavy atom. The first kappa shape index (κ1) is 70.2. The van der Waals surface area contributed by atoms with Crippen molar-refractivity contribution in [2.45, 2.75) is 0 Å². The molecule has 6 aromatic heterocycles. The highest BCUT2D eigenvalue weighted by Crippen LogP contribution is 2.47. The molecule has 26 aromatic rings. The smallest absolute Gasteiger partial charge is 0.164 e. The summed E-state index contributed by atoms with van der Waals surface area (Å²) in [4.78, 5) is 31.6. The van der Waals surface area contributed by atoms with Crippen molar-refractivity contribution in [2.75, 3.05) is 0 Å². The maximum Gasteiger partial charge on any atom is 0.164 e. The molecule has 0 saturated heterocycles. The zero-order valence-corrected chi connectivity index (χ0v) is 66.7. The molecule has 0 amide bonds. The summed E-state index contributed by atoms with van der Waals surface area (Å²) in [5.41, 5.74) is 19.6. The van der Waals surface area contributed by atoms with Gasteiger partial charge in [-0.05, 0) is 178 Å². The molecule has 0 unspecified atom stereocenters. The molecule has 26 rings (SSSR count). The van der Waals surface area contributed by atoms with Crippen molar-refractivity contribution >= 4 is 152 Å². The second-order valence-electron chi connectivity index (χ2n) is 32.1. The molecule has 0 spiro atoms. The summed E-state index contributed by atoms with van der Waals surface area (Å²) in [6, 6.07) is 146. The monoisotopic (exact) mass is 1580 g/mol. The SMILES string of the molecule is c1ccc(-c2ccc3cc4c(cc3c2)c2cc3ccccc3cc2n4-c2cc(-c3nc(-c4ccccc4)nc(-c4cccc5ccccc45)n3)c3c(c2)oc2ccccc23)cc1.c1ccc(-c2nc(-c3ccc4ccccc4c3)nc(-c3cc(-n4c5ccc(-c6ccc7ccccc7c6)cc5c5cc6ccccc6cc54)cc4oc5ccccc5c34)n2)cc1. The van der Waals surface area contributed by atoms with Gasteiger partial charge in [-0.2, -0.15) is 0 Å². The third kappa shape index (κ3) is 11.9. The number of hydrogen-bond acceptors (Lipinski definition) is 8. The van der Waals surface area contributed by atoms with Crippen LogP contribution in [0.2, 0.25) is 0 Å². The number of aromatic nitrogens is 8. The molecule has 0 saturated carbocycles. The Hall–Kier alpha value is -16.8. The van der Waals surface area contributed by atoms with E-state index in [1.54, 1.807) is 0 Å². The highest BCUT2D eigenvalue weighted by Gasteiger charge is 2.27. The Morgan fingerprint density at radius 3 is 1.02 bits per heavy atom. The minimum absolute atomic E-state index is 0.574. The number of nitrogens with zero attached hydrogens (tertiary/aromatic N) is 8. The van der Waals surface area contributed by atoms with Gasteiger partial charge in [-0.25, -0.2) is 29.9 Å². The van der Waals surface area contributed by atoms with Gasteiger partial charge >= 0.3 is 0 Å². The van der Waals surface area contributed by atoms with Crippen LogP contribution in [0.3, 0.4) is 0 Å². The Labute approximate surface area is 709 Å². The van der Waals surface area contributed by atoms with Gasteiger partial charge in [-0.1, -0.05) is 309 Å². The van der Waals surface area contributed by atoms with E-state index in [1.807, 2.05) is 60.7 Å². The van der Waals surface area contributed by atoms with Crippen molar-refractivity contribution in [3.8, 4) is 102 Å². The van der Waals surface area contributed by atoms with Crippen LogP contribution in [0, 0.1) is 0 Å². The quantitative estimate of drug-likeness (QED) is 0.133. The van der Waals surface area contributed by atoms with Crippen LogP contribution in [0.25, 0.3) is 254 Å². The van der Waals surface area contributed by atoms with Crippen LogP contribution in [0.4, 0.5) is 0 Å². The molecule has 0 atom stereocenters.